The molecule has 0 spiro atoms. The molecule has 0 unspecified atom stereocenters. The second-order valence-corrected chi connectivity index (χ2v) is 7.68. The Morgan fingerprint density at radius 2 is 2.10 bits per heavy atom. The molecule has 4 aromatic rings. The van der Waals surface area contributed by atoms with E-state index in [1.165, 1.54) is 0 Å². The van der Waals surface area contributed by atoms with Crippen molar-refractivity contribution in [3.63, 3.8) is 0 Å². The van der Waals surface area contributed by atoms with Crippen molar-refractivity contribution in [2.75, 3.05) is 6.54 Å². The molecule has 3 aromatic heterocycles. The van der Waals surface area contributed by atoms with Gasteiger partial charge in [-0.1, -0.05) is 17.7 Å². The fourth-order valence-electron chi connectivity index (χ4n) is 3.63. The molecule has 0 saturated heterocycles. The van der Waals surface area contributed by atoms with Crippen molar-refractivity contribution in [3.8, 4) is 11.4 Å². The standard InChI is InChI=1S/C23H24ClN5O/c24-17-8-9-20-19(15-17)18(23(28-20)21-6-1-2-10-26-21)5-3-7-22(30)27-11-4-13-29-14-12-25-16-29/h1-2,6,8-10,12,14-16,28H,3-5,7,11,13H2,(H,27,30). The van der Waals surface area contributed by atoms with E-state index in [2.05, 4.69) is 20.3 Å². The number of carbonyl (C=O) groups is 1. The van der Waals surface area contributed by atoms with Crippen LogP contribution in [-0.4, -0.2) is 32.0 Å². The highest BCUT2D eigenvalue weighted by Gasteiger charge is 2.15. The molecule has 0 fully saturated rings. The Morgan fingerprint density at radius 3 is 2.90 bits per heavy atom. The zero-order valence-corrected chi connectivity index (χ0v) is 17.4. The van der Waals surface area contributed by atoms with Crippen molar-refractivity contribution in [2.24, 2.45) is 0 Å². The number of nitrogens with one attached hydrogen (secondary N) is 2. The Morgan fingerprint density at radius 1 is 1.17 bits per heavy atom. The summed E-state index contributed by atoms with van der Waals surface area (Å²) in [7, 11) is 0. The topological polar surface area (TPSA) is 75.6 Å². The van der Waals surface area contributed by atoms with E-state index in [9.17, 15) is 4.79 Å². The summed E-state index contributed by atoms with van der Waals surface area (Å²) < 4.78 is 2.01. The van der Waals surface area contributed by atoms with Crippen LogP contribution in [0.2, 0.25) is 5.02 Å². The van der Waals surface area contributed by atoms with Crippen LogP contribution in [0.25, 0.3) is 22.3 Å². The van der Waals surface area contributed by atoms with Crippen molar-refractivity contribution in [3.05, 3.63) is 71.9 Å². The summed E-state index contributed by atoms with van der Waals surface area (Å²) >= 11 is 6.24. The molecule has 0 aliphatic heterocycles. The first kappa shape index (κ1) is 20.2. The van der Waals surface area contributed by atoms with Crippen LogP contribution in [0.4, 0.5) is 0 Å². The number of imidazole rings is 1. The molecule has 1 aromatic carbocycles. The van der Waals surface area contributed by atoms with Crippen molar-refractivity contribution in [2.45, 2.75) is 32.2 Å². The Balaban J connectivity index is 1.37. The Hall–Kier alpha value is -3.12. The smallest absolute Gasteiger partial charge is 0.220 e. The minimum atomic E-state index is 0.0814. The fourth-order valence-corrected chi connectivity index (χ4v) is 3.80. The number of carbonyl (C=O) groups excluding carboxylic acids is 1. The first-order chi connectivity index (χ1) is 14.7. The highest BCUT2D eigenvalue weighted by atomic mass is 35.5. The average molecular weight is 422 g/mol. The summed E-state index contributed by atoms with van der Waals surface area (Å²) in [5.41, 5.74) is 4.07. The van der Waals surface area contributed by atoms with Crippen LogP contribution in [0.15, 0.2) is 61.3 Å². The normalized spacial score (nSPS) is 11.1. The molecule has 154 valence electrons. The Labute approximate surface area is 180 Å². The van der Waals surface area contributed by atoms with E-state index in [1.54, 1.807) is 18.7 Å². The monoisotopic (exact) mass is 421 g/mol. The van der Waals surface area contributed by atoms with Crippen molar-refractivity contribution in [1.29, 1.82) is 0 Å². The minimum Gasteiger partial charge on any atom is -0.356 e. The molecule has 0 aliphatic rings. The lowest BCUT2D eigenvalue weighted by Crippen LogP contribution is -2.25. The third-order valence-corrected chi connectivity index (χ3v) is 5.33. The number of hydrogen-bond donors (Lipinski definition) is 2. The van der Waals surface area contributed by atoms with Gasteiger partial charge in [0.1, 0.15) is 0 Å². The van der Waals surface area contributed by atoms with Crippen molar-refractivity contribution < 1.29 is 4.79 Å². The molecule has 1 amide bonds. The number of hydrogen-bond acceptors (Lipinski definition) is 3. The molecule has 3 heterocycles. The largest absolute Gasteiger partial charge is 0.356 e. The van der Waals surface area contributed by atoms with Gasteiger partial charge < -0.3 is 14.9 Å². The SMILES string of the molecule is O=C(CCCc1c(-c2ccccn2)[nH]c2ccc(Cl)cc12)NCCCn1ccnc1. The lowest BCUT2D eigenvalue weighted by atomic mass is 10.0. The maximum absolute atomic E-state index is 12.2. The lowest BCUT2D eigenvalue weighted by Gasteiger charge is -2.07. The quantitative estimate of drug-likeness (QED) is 0.387. The fraction of sp³-hybridized carbons (Fsp3) is 0.261. The highest BCUT2D eigenvalue weighted by Crippen LogP contribution is 2.32. The zero-order valence-electron chi connectivity index (χ0n) is 16.6. The number of halogens is 1. The van der Waals surface area contributed by atoms with Gasteiger partial charge in [-0.05, 0) is 55.2 Å². The van der Waals surface area contributed by atoms with Gasteiger partial charge in [0.2, 0.25) is 5.91 Å². The van der Waals surface area contributed by atoms with Gasteiger partial charge in [-0.3, -0.25) is 9.78 Å². The molecule has 6 nitrogen and oxygen atoms in total. The predicted octanol–water partition coefficient (Wildman–Crippen LogP) is 4.61. The summed E-state index contributed by atoms with van der Waals surface area (Å²) in [6.07, 6.45) is 10.2. The van der Waals surface area contributed by atoms with Crippen LogP contribution in [0.1, 0.15) is 24.8 Å². The third kappa shape index (κ3) is 4.89. The highest BCUT2D eigenvalue weighted by molar-refractivity contribution is 6.31. The van der Waals surface area contributed by atoms with E-state index in [0.29, 0.717) is 18.0 Å². The number of aromatic amines is 1. The molecular formula is C23H24ClN5O. The van der Waals surface area contributed by atoms with Gasteiger partial charge >= 0.3 is 0 Å². The van der Waals surface area contributed by atoms with Crippen LogP contribution >= 0.6 is 11.6 Å². The first-order valence-corrected chi connectivity index (χ1v) is 10.5. The lowest BCUT2D eigenvalue weighted by molar-refractivity contribution is -0.121. The van der Waals surface area contributed by atoms with E-state index in [0.717, 1.165) is 53.7 Å². The number of benzene rings is 1. The van der Waals surface area contributed by atoms with Crippen LogP contribution in [0.3, 0.4) is 0 Å². The zero-order chi connectivity index (χ0) is 20.8. The summed E-state index contributed by atoms with van der Waals surface area (Å²) in [6, 6.07) is 11.7. The van der Waals surface area contributed by atoms with Gasteiger partial charge in [0.25, 0.3) is 0 Å². The Kier molecular flexibility index (Phi) is 6.44. The number of fused-ring (bicyclic) bond motifs is 1. The number of aromatic nitrogens is 4. The maximum Gasteiger partial charge on any atom is 0.220 e. The molecule has 0 radical (unpaired) electrons. The number of rotatable bonds is 9. The van der Waals surface area contributed by atoms with Crippen LogP contribution < -0.4 is 5.32 Å². The molecule has 2 N–H and O–H groups in total. The van der Waals surface area contributed by atoms with E-state index in [-0.39, 0.29) is 5.91 Å². The number of H-pyrrole nitrogens is 1. The van der Waals surface area contributed by atoms with Gasteiger partial charge in [0.15, 0.2) is 0 Å². The van der Waals surface area contributed by atoms with Gasteiger partial charge in [-0.25, -0.2) is 4.98 Å². The summed E-state index contributed by atoms with van der Waals surface area (Å²) in [5, 5.41) is 4.79. The Bertz CT molecular complexity index is 1110. The molecule has 0 atom stereocenters. The molecule has 0 saturated carbocycles. The molecular weight excluding hydrogens is 398 g/mol. The van der Waals surface area contributed by atoms with Crippen LogP contribution in [0, 0.1) is 0 Å². The number of pyridine rings is 1. The summed E-state index contributed by atoms with van der Waals surface area (Å²) in [5.74, 6) is 0.0814. The third-order valence-electron chi connectivity index (χ3n) is 5.09. The van der Waals surface area contributed by atoms with Crippen LogP contribution in [-0.2, 0) is 17.8 Å². The van der Waals surface area contributed by atoms with E-state index in [1.807, 2.05) is 47.2 Å². The predicted molar refractivity (Wildman–Crippen MR) is 119 cm³/mol. The van der Waals surface area contributed by atoms with Gasteiger partial charge in [-0.2, -0.15) is 0 Å². The summed E-state index contributed by atoms with van der Waals surface area (Å²) in [4.78, 5) is 24.2. The van der Waals surface area contributed by atoms with E-state index < -0.39 is 0 Å². The molecule has 0 bridgehead atoms. The van der Waals surface area contributed by atoms with Crippen LogP contribution in [0.5, 0.6) is 0 Å². The first-order valence-electron chi connectivity index (χ1n) is 10.1. The number of amides is 1. The summed E-state index contributed by atoms with van der Waals surface area (Å²) in [6.45, 7) is 1.52. The van der Waals surface area contributed by atoms with Crippen molar-refractivity contribution >= 4 is 28.4 Å². The van der Waals surface area contributed by atoms with Gasteiger partial charge in [0, 0.05) is 54.0 Å². The van der Waals surface area contributed by atoms with E-state index >= 15 is 0 Å². The number of aryl methyl sites for hydroxylation is 2. The maximum atomic E-state index is 12.2. The average Bonchev–Trinajstić information content (AvgIpc) is 3.40. The van der Waals surface area contributed by atoms with Gasteiger partial charge in [0.05, 0.1) is 17.7 Å². The van der Waals surface area contributed by atoms with E-state index in [4.69, 9.17) is 11.6 Å². The second kappa shape index (κ2) is 9.59. The second-order valence-electron chi connectivity index (χ2n) is 7.24. The van der Waals surface area contributed by atoms with Crippen molar-refractivity contribution in [1.82, 2.24) is 24.8 Å². The minimum absolute atomic E-state index is 0.0814. The van der Waals surface area contributed by atoms with Gasteiger partial charge in [-0.15, -0.1) is 0 Å². The molecule has 4 rings (SSSR count). The molecule has 0 aliphatic carbocycles. The molecule has 7 heteroatoms. The molecule has 30 heavy (non-hydrogen) atoms. The number of nitrogens with zero attached hydrogens (tertiary/aromatic N) is 3.